The van der Waals surface area contributed by atoms with Crippen LogP contribution in [0.1, 0.15) is 42.1 Å². The van der Waals surface area contributed by atoms with E-state index in [0.717, 1.165) is 18.5 Å². The Morgan fingerprint density at radius 3 is 2.72 bits per heavy atom. The van der Waals surface area contributed by atoms with E-state index in [1.165, 1.54) is 6.07 Å². The summed E-state index contributed by atoms with van der Waals surface area (Å²) < 4.78 is 0. The summed E-state index contributed by atoms with van der Waals surface area (Å²) in [6.07, 6.45) is 4.35. The largest absolute Gasteiger partial charge is 0.506 e. The molecule has 4 nitrogen and oxygen atoms in total. The van der Waals surface area contributed by atoms with Crippen molar-refractivity contribution in [2.24, 2.45) is 11.7 Å². The van der Waals surface area contributed by atoms with Gasteiger partial charge in [-0.05, 0) is 37.0 Å². The molecule has 0 heterocycles. The lowest BCUT2D eigenvalue weighted by Gasteiger charge is -2.08. The Bertz CT molecular complexity index is 517. The van der Waals surface area contributed by atoms with Gasteiger partial charge in [-0.3, -0.25) is 4.79 Å². The number of rotatable bonds is 4. The number of aromatic hydroxyl groups is 1. The maximum Gasteiger partial charge on any atom is 0.162 e. The number of Topliss-reactive ketones (excluding diaryl/α,β-unsaturated/α-hetero) is 1. The minimum Gasteiger partial charge on any atom is -0.506 e. The van der Waals surface area contributed by atoms with E-state index in [9.17, 15) is 9.90 Å². The normalized spacial score (nSPS) is 15.7. The average Bonchev–Trinajstić information content (AvgIpc) is 3.17. The Hall–Kier alpha value is -1.97. The molecule has 1 aliphatic rings. The molecule has 0 aromatic heterocycles. The van der Waals surface area contributed by atoms with Gasteiger partial charge in [0, 0.05) is 23.2 Å². The van der Waals surface area contributed by atoms with Crippen LogP contribution in [0.3, 0.4) is 0 Å². The Kier molecular flexibility index (Phi) is 3.28. The molecule has 0 amide bonds. The number of ketones is 1. The molecule has 0 bridgehead atoms. The third-order valence-corrected chi connectivity index (χ3v) is 3.20. The predicted octanol–water partition coefficient (Wildman–Crippen LogP) is 2.28. The van der Waals surface area contributed by atoms with Gasteiger partial charge in [-0.2, -0.15) is 0 Å². The van der Waals surface area contributed by atoms with E-state index < -0.39 is 0 Å². The number of carbonyl (C=O) groups excluding carboxylic acids is 1. The van der Waals surface area contributed by atoms with Crippen LogP contribution in [0, 0.1) is 5.92 Å². The molecule has 18 heavy (non-hydrogen) atoms. The SMILES string of the molecule is CCC(=O)c1cc(O)c(N)c(/C=C(\N)C2CC2)c1. The van der Waals surface area contributed by atoms with Crippen LogP contribution < -0.4 is 11.5 Å². The number of phenols is 1. The summed E-state index contributed by atoms with van der Waals surface area (Å²) in [6.45, 7) is 1.78. The molecule has 0 unspecified atom stereocenters. The van der Waals surface area contributed by atoms with Crippen molar-refractivity contribution in [3.05, 3.63) is 29.0 Å². The van der Waals surface area contributed by atoms with E-state index in [1.807, 2.05) is 0 Å². The van der Waals surface area contributed by atoms with E-state index in [4.69, 9.17) is 11.5 Å². The predicted molar refractivity (Wildman–Crippen MR) is 72.0 cm³/mol. The fourth-order valence-electron chi connectivity index (χ4n) is 1.86. The molecule has 2 rings (SSSR count). The molecule has 96 valence electrons. The zero-order valence-electron chi connectivity index (χ0n) is 10.4. The summed E-state index contributed by atoms with van der Waals surface area (Å²) in [5.41, 5.74) is 13.9. The van der Waals surface area contributed by atoms with E-state index in [1.54, 1.807) is 19.1 Å². The molecular weight excluding hydrogens is 228 g/mol. The minimum atomic E-state index is -0.0656. The van der Waals surface area contributed by atoms with Gasteiger partial charge in [0.05, 0.1) is 5.69 Å². The van der Waals surface area contributed by atoms with Gasteiger partial charge in [-0.25, -0.2) is 0 Å². The van der Waals surface area contributed by atoms with Gasteiger partial charge in [0.1, 0.15) is 5.75 Å². The first-order valence-electron chi connectivity index (χ1n) is 6.15. The smallest absolute Gasteiger partial charge is 0.162 e. The van der Waals surface area contributed by atoms with E-state index in [-0.39, 0.29) is 17.2 Å². The fourth-order valence-corrected chi connectivity index (χ4v) is 1.86. The topological polar surface area (TPSA) is 89.3 Å². The second kappa shape index (κ2) is 4.72. The maximum absolute atomic E-state index is 11.7. The summed E-state index contributed by atoms with van der Waals surface area (Å²) in [5.74, 6) is 0.339. The van der Waals surface area contributed by atoms with Crippen LogP contribution in [-0.2, 0) is 0 Å². The zero-order chi connectivity index (χ0) is 13.3. The number of nitrogen functional groups attached to an aromatic ring is 1. The molecule has 1 aromatic carbocycles. The van der Waals surface area contributed by atoms with Crippen molar-refractivity contribution in [1.29, 1.82) is 0 Å². The summed E-state index contributed by atoms with van der Waals surface area (Å²) in [4.78, 5) is 11.7. The van der Waals surface area contributed by atoms with Gasteiger partial charge in [-0.1, -0.05) is 6.92 Å². The average molecular weight is 246 g/mol. The van der Waals surface area contributed by atoms with Crippen LogP contribution in [0.25, 0.3) is 6.08 Å². The van der Waals surface area contributed by atoms with Crippen molar-refractivity contribution in [3.63, 3.8) is 0 Å². The van der Waals surface area contributed by atoms with Crippen molar-refractivity contribution in [2.45, 2.75) is 26.2 Å². The van der Waals surface area contributed by atoms with E-state index >= 15 is 0 Å². The summed E-state index contributed by atoms with van der Waals surface area (Å²) in [7, 11) is 0. The molecule has 0 atom stereocenters. The number of hydrogen-bond acceptors (Lipinski definition) is 4. The molecule has 1 saturated carbocycles. The van der Waals surface area contributed by atoms with Crippen LogP contribution in [0.5, 0.6) is 5.75 Å². The van der Waals surface area contributed by atoms with Gasteiger partial charge < -0.3 is 16.6 Å². The monoisotopic (exact) mass is 246 g/mol. The Labute approximate surface area is 106 Å². The highest BCUT2D eigenvalue weighted by Crippen LogP contribution is 2.36. The van der Waals surface area contributed by atoms with Crippen molar-refractivity contribution in [3.8, 4) is 5.75 Å². The van der Waals surface area contributed by atoms with Gasteiger partial charge in [0.15, 0.2) is 5.78 Å². The number of carbonyl (C=O) groups is 1. The first-order chi connectivity index (χ1) is 8.52. The molecule has 1 fully saturated rings. The molecule has 0 radical (unpaired) electrons. The summed E-state index contributed by atoms with van der Waals surface area (Å²) in [5, 5.41) is 9.75. The van der Waals surface area contributed by atoms with Crippen LogP contribution in [0.15, 0.2) is 17.8 Å². The maximum atomic E-state index is 11.7. The fraction of sp³-hybridized carbons (Fsp3) is 0.357. The van der Waals surface area contributed by atoms with Crippen LogP contribution in [-0.4, -0.2) is 10.9 Å². The molecule has 0 aliphatic heterocycles. The number of anilines is 1. The highest BCUT2D eigenvalue weighted by atomic mass is 16.3. The van der Waals surface area contributed by atoms with Crippen molar-refractivity contribution in [1.82, 2.24) is 0 Å². The molecule has 5 N–H and O–H groups in total. The van der Waals surface area contributed by atoms with E-state index in [2.05, 4.69) is 0 Å². The molecule has 4 heteroatoms. The number of phenolic OH excluding ortho intramolecular Hbond substituents is 1. The van der Waals surface area contributed by atoms with Crippen molar-refractivity contribution in [2.75, 3.05) is 5.73 Å². The lowest BCUT2D eigenvalue weighted by Crippen LogP contribution is -2.02. The highest BCUT2D eigenvalue weighted by Gasteiger charge is 2.24. The molecular formula is C14H18N2O2. The van der Waals surface area contributed by atoms with E-state index in [0.29, 0.717) is 23.5 Å². The highest BCUT2D eigenvalue weighted by molar-refractivity contribution is 5.98. The van der Waals surface area contributed by atoms with Gasteiger partial charge in [-0.15, -0.1) is 0 Å². The van der Waals surface area contributed by atoms with Crippen LogP contribution in [0.2, 0.25) is 0 Å². The summed E-state index contributed by atoms with van der Waals surface area (Å²) >= 11 is 0. The molecule has 0 saturated heterocycles. The molecule has 0 spiro atoms. The second-order valence-corrected chi connectivity index (χ2v) is 4.69. The van der Waals surface area contributed by atoms with Crippen LogP contribution >= 0.6 is 0 Å². The van der Waals surface area contributed by atoms with Crippen LogP contribution in [0.4, 0.5) is 5.69 Å². The zero-order valence-corrected chi connectivity index (χ0v) is 10.4. The number of benzene rings is 1. The lowest BCUT2D eigenvalue weighted by atomic mass is 10.0. The minimum absolute atomic E-state index is 0.0232. The quantitative estimate of drug-likeness (QED) is 0.432. The van der Waals surface area contributed by atoms with Gasteiger partial charge in [0.25, 0.3) is 0 Å². The Morgan fingerprint density at radius 2 is 2.17 bits per heavy atom. The number of hydrogen-bond donors (Lipinski definition) is 3. The standard InChI is InChI=1S/C14H18N2O2/c1-2-12(17)9-5-10(14(16)13(18)7-9)6-11(15)8-3-4-8/h5-8,18H,2-4,15-16H2,1H3/b11-6-. The van der Waals surface area contributed by atoms with Gasteiger partial charge in [0.2, 0.25) is 0 Å². The Morgan fingerprint density at radius 1 is 1.50 bits per heavy atom. The van der Waals surface area contributed by atoms with Crippen molar-refractivity contribution >= 4 is 17.5 Å². The van der Waals surface area contributed by atoms with Crippen molar-refractivity contribution < 1.29 is 9.90 Å². The second-order valence-electron chi connectivity index (χ2n) is 4.69. The number of nitrogens with two attached hydrogens (primary N) is 2. The lowest BCUT2D eigenvalue weighted by molar-refractivity contribution is 0.0988. The number of allylic oxidation sites excluding steroid dienone is 1. The Balaban J connectivity index is 2.42. The first kappa shape index (κ1) is 12.5. The third-order valence-electron chi connectivity index (χ3n) is 3.20. The molecule has 1 aromatic rings. The first-order valence-corrected chi connectivity index (χ1v) is 6.15. The summed E-state index contributed by atoms with van der Waals surface area (Å²) in [6, 6.07) is 3.10. The third kappa shape index (κ3) is 2.47. The van der Waals surface area contributed by atoms with Gasteiger partial charge >= 0.3 is 0 Å². The molecule has 1 aliphatic carbocycles.